The van der Waals surface area contributed by atoms with Gasteiger partial charge in [-0.25, -0.2) is 4.79 Å². The van der Waals surface area contributed by atoms with Crippen molar-refractivity contribution in [3.8, 4) is 5.75 Å². The number of hydrogen-bond acceptors (Lipinski definition) is 4. The van der Waals surface area contributed by atoms with Crippen molar-refractivity contribution >= 4 is 6.16 Å². The van der Waals surface area contributed by atoms with Gasteiger partial charge in [0.1, 0.15) is 12.4 Å². The minimum Gasteiger partial charge on any atom is -0.507 e. The van der Waals surface area contributed by atoms with Crippen LogP contribution in [0.4, 0.5) is 4.79 Å². The van der Waals surface area contributed by atoms with E-state index in [2.05, 4.69) is 41.5 Å². The lowest BCUT2D eigenvalue weighted by Crippen LogP contribution is -2.18. The molecule has 0 fully saturated rings. The molecule has 0 aliphatic carbocycles. The van der Waals surface area contributed by atoms with Crippen molar-refractivity contribution in [2.24, 2.45) is 0 Å². The Morgan fingerprint density at radius 3 is 1.92 bits per heavy atom. The lowest BCUT2D eigenvalue weighted by Gasteiger charge is -2.28. The van der Waals surface area contributed by atoms with Gasteiger partial charge in [0.25, 0.3) is 0 Å². The number of benzene rings is 1. The molecular weight excluding hydrogens is 304 g/mol. The highest BCUT2D eigenvalue weighted by atomic mass is 16.7. The molecule has 136 valence electrons. The van der Waals surface area contributed by atoms with Gasteiger partial charge < -0.3 is 14.6 Å². The van der Waals surface area contributed by atoms with E-state index in [-0.39, 0.29) is 17.4 Å². The van der Waals surface area contributed by atoms with Gasteiger partial charge in [-0.1, -0.05) is 54.9 Å². The van der Waals surface area contributed by atoms with E-state index in [9.17, 15) is 9.90 Å². The van der Waals surface area contributed by atoms with Crippen molar-refractivity contribution in [1.82, 2.24) is 0 Å². The zero-order valence-corrected chi connectivity index (χ0v) is 16.2. The number of ether oxygens (including phenoxy) is 2. The van der Waals surface area contributed by atoms with Crippen molar-refractivity contribution in [3.05, 3.63) is 28.8 Å². The normalized spacial score (nSPS) is 12.1. The molecule has 4 nitrogen and oxygen atoms in total. The summed E-state index contributed by atoms with van der Waals surface area (Å²) in [4.78, 5) is 11.6. The number of hydrogen-bond donors (Lipinski definition) is 1. The number of aromatic hydroxyl groups is 1. The maximum atomic E-state index is 11.6. The van der Waals surface area contributed by atoms with Crippen LogP contribution in [0.3, 0.4) is 0 Å². The predicted molar refractivity (Wildman–Crippen MR) is 96.6 cm³/mol. The van der Waals surface area contributed by atoms with Gasteiger partial charge in [0, 0.05) is 0 Å². The summed E-state index contributed by atoms with van der Waals surface area (Å²) in [5, 5.41) is 10.7. The molecule has 0 radical (unpaired) electrons. The molecule has 0 aliphatic heterocycles. The highest BCUT2D eigenvalue weighted by Gasteiger charge is 2.26. The van der Waals surface area contributed by atoms with Gasteiger partial charge in [-0.05, 0) is 46.1 Å². The lowest BCUT2D eigenvalue weighted by molar-refractivity contribution is 0.0490. The maximum absolute atomic E-state index is 11.6. The summed E-state index contributed by atoms with van der Waals surface area (Å²) in [5.41, 5.74) is 2.15. The Bertz CT molecular complexity index is 527. The number of phenols is 1. The third kappa shape index (κ3) is 5.73. The van der Waals surface area contributed by atoms with E-state index < -0.39 is 6.16 Å². The van der Waals surface area contributed by atoms with Crippen LogP contribution in [0.1, 0.15) is 78.0 Å². The minimum absolute atomic E-state index is 0.136. The SMILES string of the molecule is CCCCOC(=O)OCc1cc(C(C)(C)C)c(O)c(C(C)(C)C)c1. The molecule has 0 saturated heterocycles. The summed E-state index contributed by atoms with van der Waals surface area (Å²) in [6.07, 6.45) is 1.15. The first-order chi connectivity index (χ1) is 11.0. The Morgan fingerprint density at radius 1 is 1.00 bits per heavy atom. The third-order valence-corrected chi connectivity index (χ3v) is 3.86. The molecule has 0 saturated carbocycles. The Hall–Kier alpha value is -1.71. The van der Waals surface area contributed by atoms with E-state index in [1.54, 1.807) is 0 Å². The minimum atomic E-state index is -0.647. The molecule has 24 heavy (non-hydrogen) atoms. The van der Waals surface area contributed by atoms with Gasteiger partial charge >= 0.3 is 6.16 Å². The zero-order valence-electron chi connectivity index (χ0n) is 16.2. The zero-order chi connectivity index (χ0) is 18.5. The molecule has 0 heterocycles. The van der Waals surface area contributed by atoms with Crippen LogP contribution in [0.15, 0.2) is 12.1 Å². The van der Waals surface area contributed by atoms with Gasteiger partial charge in [-0.3, -0.25) is 0 Å². The Labute approximate surface area is 146 Å². The van der Waals surface area contributed by atoms with Crippen molar-refractivity contribution in [3.63, 3.8) is 0 Å². The summed E-state index contributed by atoms with van der Waals surface area (Å²) in [6.45, 7) is 14.9. The molecule has 1 aromatic rings. The molecule has 0 bridgehead atoms. The molecular formula is C20H32O4. The number of carbonyl (C=O) groups excluding carboxylic acids is 1. The van der Waals surface area contributed by atoms with Crippen LogP contribution in [0.5, 0.6) is 5.75 Å². The number of rotatable bonds is 5. The second-order valence-electron chi connectivity index (χ2n) is 8.28. The molecule has 1 rings (SSSR count). The van der Waals surface area contributed by atoms with Crippen LogP contribution in [-0.4, -0.2) is 17.9 Å². The largest absolute Gasteiger partial charge is 0.508 e. The van der Waals surface area contributed by atoms with Crippen LogP contribution in [0, 0.1) is 0 Å². The molecule has 0 aliphatic rings. The van der Waals surface area contributed by atoms with E-state index in [1.165, 1.54) is 0 Å². The molecule has 1 N–H and O–H groups in total. The van der Waals surface area contributed by atoms with Crippen molar-refractivity contribution in [2.45, 2.75) is 78.7 Å². The summed E-state index contributed by atoms with van der Waals surface area (Å²) in [6, 6.07) is 3.81. The Balaban J connectivity index is 3.01. The standard InChI is InChI=1S/C20H32O4/c1-8-9-10-23-18(22)24-13-14-11-15(19(2,3)4)17(21)16(12-14)20(5,6)7/h11-12,21H,8-10,13H2,1-7H3. The average molecular weight is 336 g/mol. The third-order valence-electron chi connectivity index (χ3n) is 3.86. The van der Waals surface area contributed by atoms with Gasteiger partial charge in [-0.15, -0.1) is 0 Å². The molecule has 0 amide bonds. The van der Waals surface area contributed by atoms with E-state index in [0.29, 0.717) is 12.4 Å². The van der Waals surface area contributed by atoms with Crippen LogP contribution < -0.4 is 0 Å². The summed E-state index contributed by atoms with van der Waals surface area (Å²) < 4.78 is 10.2. The Morgan fingerprint density at radius 2 is 1.50 bits per heavy atom. The van der Waals surface area contributed by atoms with Gasteiger partial charge in [0.2, 0.25) is 0 Å². The highest BCUT2D eigenvalue weighted by Crippen LogP contribution is 2.39. The smallest absolute Gasteiger partial charge is 0.507 e. The van der Waals surface area contributed by atoms with E-state index >= 15 is 0 Å². The highest BCUT2D eigenvalue weighted by molar-refractivity contribution is 5.60. The number of carbonyl (C=O) groups is 1. The first-order valence-electron chi connectivity index (χ1n) is 8.63. The summed E-state index contributed by atoms with van der Waals surface area (Å²) in [5.74, 6) is 0.323. The maximum Gasteiger partial charge on any atom is 0.508 e. The lowest BCUT2D eigenvalue weighted by atomic mass is 9.78. The number of phenolic OH excluding ortho intramolecular Hbond substituents is 1. The van der Waals surface area contributed by atoms with Gasteiger partial charge in [-0.2, -0.15) is 0 Å². The van der Waals surface area contributed by atoms with Crippen molar-refractivity contribution < 1.29 is 19.4 Å². The first kappa shape index (κ1) is 20.3. The van der Waals surface area contributed by atoms with Gasteiger partial charge in [0.05, 0.1) is 6.61 Å². The second-order valence-corrected chi connectivity index (χ2v) is 8.28. The number of unbranched alkanes of at least 4 members (excludes halogenated alkanes) is 1. The van der Waals surface area contributed by atoms with Crippen molar-refractivity contribution in [2.75, 3.05) is 6.61 Å². The second kappa shape index (κ2) is 7.91. The molecule has 0 unspecified atom stereocenters. The van der Waals surface area contributed by atoms with Crippen molar-refractivity contribution in [1.29, 1.82) is 0 Å². The molecule has 0 aromatic heterocycles. The van der Waals surface area contributed by atoms with E-state index in [1.807, 2.05) is 19.1 Å². The summed E-state index contributed by atoms with van der Waals surface area (Å²) in [7, 11) is 0. The monoisotopic (exact) mass is 336 g/mol. The quantitative estimate of drug-likeness (QED) is 0.574. The van der Waals surface area contributed by atoms with Gasteiger partial charge in [0.15, 0.2) is 0 Å². The predicted octanol–water partition coefficient (Wildman–Crippen LogP) is 5.44. The fourth-order valence-corrected chi connectivity index (χ4v) is 2.40. The molecule has 4 heteroatoms. The van der Waals surface area contributed by atoms with Crippen LogP contribution in [0.25, 0.3) is 0 Å². The molecule has 0 atom stereocenters. The summed E-state index contributed by atoms with van der Waals surface area (Å²) >= 11 is 0. The van der Waals surface area contributed by atoms with E-state index in [4.69, 9.17) is 9.47 Å². The molecule has 0 spiro atoms. The Kier molecular flexibility index (Phi) is 6.70. The van der Waals surface area contributed by atoms with Crippen LogP contribution in [0.2, 0.25) is 0 Å². The first-order valence-corrected chi connectivity index (χ1v) is 8.63. The fraction of sp³-hybridized carbons (Fsp3) is 0.650. The average Bonchev–Trinajstić information content (AvgIpc) is 2.44. The van der Waals surface area contributed by atoms with E-state index in [0.717, 1.165) is 29.5 Å². The topological polar surface area (TPSA) is 55.8 Å². The molecule has 1 aromatic carbocycles. The van der Waals surface area contributed by atoms with Crippen LogP contribution in [-0.2, 0) is 26.9 Å². The van der Waals surface area contributed by atoms with Crippen LogP contribution >= 0.6 is 0 Å². The fourth-order valence-electron chi connectivity index (χ4n) is 2.40.